The predicted octanol–water partition coefficient (Wildman–Crippen LogP) is 3.40. The number of hydrogen-bond acceptors (Lipinski definition) is 5. The van der Waals surface area contributed by atoms with Crippen LogP contribution in [-0.4, -0.2) is 30.6 Å². The van der Waals surface area contributed by atoms with E-state index in [2.05, 4.69) is 10.6 Å². The van der Waals surface area contributed by atoms with E-state index in [1.54, 1.807) is 18.2 Å². The maximum atomic E-state index is 12.0. The number of carbonyl (C=O) groups is 3. The molecule has 0 saturated heterocycles. The zero-order valence-electron chi connectivity index (χ0n) is 14.0. The van der Waals surface area contributed by atoms with Crippen LogP contribution in [0.2, 0.25) is 5.02 Å². The summed E-state index contributed by atoms with van der Waals surface area (Å²) in [4.78, 5) is 35.5. The van der Waals surface area contributed by atoms with Crippen LogP contribution in [0, 0.1) is 0 Å². The van der Waals surface area contributed by atoms with Gasteiger partial charge in [-0.15, -0.1) is 0 Å². The number of fused-ring (bicyclic) bond motifs is 1. The number of amides is 3. The zero-order chi connectivity index (χ0) is 18.5. The Morgan fingerprint density at radius 1 is 1.15 bits per heavy atom. The number of esters is 1. The molecule has 8 heteroatoms. The van der Waals surface area contributed by atoms with Gasteiger partial charge in [0.1, 0.15) is 5.58 Å². The van der Waals surface area contributed by atoms with E-state index in [1.165, 1.54) is 12.5 Å². The van der Waals surface area contributed by atoms with Crippen molar-refractivity contribution in [2.24, 2.45) is 0 Å². The van der Waals surface area contributed by atoms with E-state index in [0.717, 1.165) is 25.7 Å². The average molecular weight is 379 g/mol. The first kappa shape index (κ1) is 18.3. The Morgan fingerprint density at radius 3 is 2.69 bits per heavy atom. The third-order valence-corrected chi connectivity index (χ3v) is 4.44. The van der Waals surface area contributed by atoms with Gasteiger partial charge in [0.15, 0.2) is 6.61 Å². The number of ether oxygens (including phenoxy) is 1. The molecule has 0 bridgehead atoms. The van der Waals surface area contributed by atoms with Gasteiger partial charge in [0.2, 0.25) is 5.76 Å². The number of imide groups is 1. The fraction of sp³-hybridized carbons (Fsp3) is 0.389. The minimum atomic E-state index is -0.792. The number of halogens is 1. The Balaban J connectivity index is 1.46. The van der Waals surface area contributed by atoms with E-state index < -0.39 is 24.5 Å². The topological polar surface area (TPSA) is 97.6 Å². The molecule has 26 heavy (non-hydrogen) atoms. The molecule has 0 aliphatic heterocycles. The van der Waals surface area contributed by atoms with Crippen molar-refractivity contribution < 1.29 is 23.5 Å². The summed E-state index contributed by atoms with van der Waals surface area (Å²) < 4.78 is 10.2. The quantitative estimate of drug-likeness (QED) is 0.794. The summed E-state index contributed by atoms with van der Waals surface area (Å²) in [7, 11) is 0. The van der Waals surface area contributed by atoms with Crippen molar-refractivity contribution in [1.29, 1.82) is 0 Å². The van der Waals surface area contributed by atoms with E-state index in [9.17, 15) is 14.4 Å². The third-order valence-electron chi connectivity index (χ3n) is 4.21. The lowest BCUT2D eigenvalue weighted by Gasteiger charge is -2.22. The minimum Gasteiger partial charge on any atom is -0.450 e. The Labute approximate surface area is 155 Å². The van der Waals surface area contributed by atoms with Gasteiger partial charge in [-0.2, -0.15) is 0 Å². The highest BCUT2D eigenvalue weighted by Crippen LogP contribution is 2.23. The molecular weight excluding hydrogens is 360 g/mol. The van der Waals surface area contributed by atoms with Crippen molar-refractivity contribution in [1.82, 2.24) is 10.6 Å². The first-order valence-corrected chi connectivity index (χ1v) is 8.85. The van der Waals surface area contributed by atoms with Crippen LogP contribution in [0.3, 0.4) is 0 Å². The van der Waals surface area contributed by atoms with Crippen LogP contribution < -0.4 is 10.6 Å². The smallest absolute Gasteiger partial charge is 0.374 e. The Morgan fingerprint density at radius 2 is 1.92 bits per heavy atom. The van der Waals surface area contributed by atoms with Gasteiger partial charge in [0, 0.05) is 16.5 Å². The molecule has 1 aliphatic carbocycles. The number of urea groups is 1. The lowest BCUT2D eigenvalue weighted by molar-refractivity contribution is -0.123. The summed E-state index contributed by atoms with van der Waals surface area (Å²) in [5.74, 6) is -1.53. The maximum absolute atomic E-state index is 12.0. The second-order valence-electron chi connectivity index (χ2n) is 6.23. The normalized spacial score (nSPS) is 14.8. The molecule has 2 N–H and O–H groups in total. The molecule has 0 atom stereocenters. The SMILES string of the molecule is O=C(COC(=O)c1cc2cc(Cl)ccc2o1)NC(=O)NC1CCCCC1. The molecule has 138 valence electrons. The van der Waals surface area contributed by atoms with E-state index in [0.29, 0.717) is 16.0 Å². The fourth-order valence-electron chi connectivity index (χ4n) is 2.95. The van der Waals surface area contributed by atoms with Crippen LogP contribution >= 0.6 is 11.6 Å². The summed E-state index contributed by atoms with van der Waals surface area (Å²) in [6, 6.07) is 5.92. The Bertz CT molecular complexity index is 826. The van der Waals surface area contributed by atoms with E-state index >= 15 is 0 Å². The Hall–Kier alpha value is -2.54. The molecule has 2 aromatic rings. The zero-order valence-corrected chi connectivity index (χ0v) is 14.8. The van der Waals surface area contributed by atoms with E-state index in [1.807, 2.05) is 0 Å². The molecule has 1 aliphatic rings. The fourth-order valence-corrected chi connectivity index (χ4v) is 3.13. The van der Waals surface area contributed by atoms with Crippen molar-refractivity contribution >= 4 is 40.5 Å². The average Bonchev–Trinajstić information content (AvgIpc) is 3.03. The largest absolute Gasteiger partial charge is 0.450 e. The van der Waals surface area contributed by atoms with Gasteiger partial charge in [-0.1, -0.05) is 30.9 Å². The lowest BCUT2D eigenvalue weighted by Crippen LogP contribution is -2.46. The van der Waals surface area contributed by atoms with Gasteiger partial charge in [-0.25, -0.2) is 9.59 Å². The molecule has 1 aromatic carbocycles. The second-order valence-corrected chi connectivity index (χ2v) is 6.66. The molecule has 1 aromatic heterocycles. The van der Waals surface area contributed by atoms with Gasteiger partial charge in [-0.3, -0.25) is 10.1 Å². The molecule has 1 saturated carbocycles. The molecular formula is C18H19ClN2O5. The molecule has 1 fully saturated rings. The van der Waals surface area contributed by atoms with Gasteiger partial charge >= 0.3 is 12.0 Å². The van der Waals surface area contributed by atoms with Crippen molar-refractivity contribution in [3.63, 3.8) is 0 Å². The van der Waals surface area contributed by atoms with Crippen LogP contribution in [0.15, 0.2) is 28.7 Å². The Kier molecular flexibility index (Phi) is 5.78. The van der Waals surface area contributed by atoms with Crippen molar-refractivity contribution in [3.05, 3.63) is 35.0 Å². The second kappa shape index (κ2) is 8.23. The lowest BCUT2D eigenvalue weighted by atomic mass is 9.96. The first-order valence-electron chi connectivity index (χ1n) is 8.48. The number of furan rings is 1. The highest BCUT2D eigenvalue weighted by atomic mass is 35.5. The number of benzene rings is 1. The van der Waals surface area contributed by atoms with Crippen LogP contribution in [0.4, 0.5) is 4.79 Å². The van der Waals surface area contributed by atoms with Crippen LogP contribution in [0.1, 0.15) is 42.7 Å². The molecule has 0 unspecified atom stereocenters. The monoisotopic (exact) mass is 378 g/mol. The van der Waals surface area contributed by atoms with Crippen LogP contribution in [0.25, 0.3) is 11.0 Å². The summed E-state index contributed by atoms with van der Waals surface area (Å²) >= 11 is 5.88. The van der Waals surface area contributed by atoms with Gasteiger partial charge in [0.05, 0.1) is 0 Å². The van der Waals surface area contributed by atoms with Crippen molar-refractivity contribution in [2.75, 3.05) is 6.61 Å². The number of nitrogens with one attached hydrogen (secondary N) is 2. The molecule has 0 radical (unpaired) electrons. The molecule has 3 amide bonds. The van der Waals surface area contributed by atoms with E-state index in [-0.39, 0.29) is 11.8 Å². The third kappa shape index (κ3) is 4.76. The molecule has 0 spiro atoms. The van der Waals surface area contributed by atoms with Crippen LogP contribution in [0.5, 0.6) is 0 Å². The standard InChI is InChI=1S/C18H19ClN2O5/c19-12-6-7-14-11(8-12)9-15(26-14)17(23)25-10-16(22)21-18(24)20-13-4-2-1-3-5-13/h6-9,13H,1-5,10H2,(H2,20,21,22,24). The summed E-state index contributed by atoms with van der Waals surface area (Å²) in [5, 5.41) is 6.07. The minimum absolute atomic E-state index is 0.0401. The van der Waals surface area contributed by atoms with Crippen molar-refractivity contribution in [3.8, 4) is 0 Å². The summed E-state index contributed by atoms with van der Waals surface area (Å²) in [6.45, 7) is -0.575. The van der Waals surface area contributed by atoms with Gasteiger partial charge < -0.3 is 14.5 Å². The number of rotatable bonds is 4. The predicted molar refractivity (Wildman–Crippen MR) is 95.1 cm³/mol. The summed E-state index contributed by atoms with van der Waals surface area (Å²) in [6.07, 6.45) is 5.13. The summed E-state index contributed by atoms with van der Waals surface area (Å²) in [5.41, 5.74) is 0.484. The van der Waals surface area contributed by atoms with E-state index in [4.69, 9.17) is 20.8 Å². The van der Waals surface area contributed by atoms with Gasteiger partial charge in [0.25, 0.3) is 5.91 Å². The molecule has 1 heterocycles. The number of carbonyl (C=O) groups excluding carboxylic acids is 3. The van der Waals surface area contributed by atoms with Gasteiger partial charge in [-0.05, 0) is 37.1 Å². The highest BCUT2D eigenvalue weighted by molar-refractivity contribution is 6.31. The molecule has 3 rings (SSSR count). The first-order chi connectivity index (χ1) is 12.5. The van der Waals surface area contributed by atoms with Crippen LogP contribution in [-0.2, 0) is 9.53 Å². The molecule has 7 nitrogen and oxygen atoms in total. The number of hydrogen-bond donors (Lipinski definition) is 2. The maximum Gasteiger partial charge on any atom is 0.374 e. The van der Waals surface area contributed by atoms with Crippen molar-refractivity contribution in [2.45, 2.75) is 38.1 Å². The highest BCUT2D eigenvalue weighted by Gasteiger charge is 2.19.